The number of carbonyl (C=O) groups is 1. The molecule has 0 saturated carbocycles. The van der Waals surface area contributed by atoms with E-state index < -0.39 is 5.60 Å². The van der Waals surface area contributed by atoms with Crippen molar-refractivity contribution in [3.05, 3.63) is 45.7 Å². The van der Waals surface area contributed by atoms with Crippen LogP contribution in [0.4, 0.5) is 4.79 Å². The van der Waals surface area contributed by atoms with E-state index in [0.29, 0.717) is 6.54 Å². The van der Waals surface area contributed by atoms with Crippen LogP contribution in [-0.4, -0.2) is 23.1 Å². The third kappa shape index (κ3) is 3.77. The highest BCUT2D eigenvalue weighted by atomic mass is 127. The number of likely N-dealkylation sites (tertiary alicyclic amines) is 1. The van der Waals surface area contributed by atoms with Crippen molar-refractivity contribution in [2.45, 2.75) is 45.3 Å². The number of carbonyl (C=O) groups excluding carboxylic acids is 1. The summed E-state index contributed by atoms with van der Waals surface area (Å²) < 4.78 is 12.7. The molecule has 0 unspecified atom stereocenters. The second kappa shape index (κ2) is 6.78. The molecule has 1 aromatic carbocycles. The van der Waals surface area contributed by atoms with E-state index in [2.05, 4.69) is 22.6 Å². The van der Waals surface area contributed by atoms with Gasteiger partial charge in [0, 0.05) is 12.1 Å². The summed E-state index contributed by atoms with van der Waals surface area (Å²) >= 11 is 2.29. The normalized spacial score (nSPS) is 18.0. The maximum absolute atomic E-state index is 12.5. The van der Waals surface area contributed by atoms with E-state index in [0.717, 1.165) is 33.5 Å². The van der Waals surface area contributed by atoms with Crippen LogP contribution in [0, 0.1) is 3.57 Å². The lowest BCUT2D eigenvalue weighted by atomic mass is 10.1. The first-order chi connectivity index (χ1) is 11.3. The first-order valence-corrected chi connectivity index (χ1v) is 9.27. The predicted octanol–water partition coefficient (Wildman–Crippen LogP) is 5.62. The van der Waals surface area contributed by atoms with Gasteiger partial charge in [-0.1, -0.05) is 30.3 Å². The molecule has 128 valence electrons. The molecule has 1 aliphatic rings. The molecule has 0 aliphatic carbocycles. The summed E-state index contributed by atoms with van der Waals surface area (Å²) in [5.74, 6) is 1.70. The lowest BCUT2D eigenvalue weighted by Crippen LogP contribution is -2.36. The zero-order valence-corrected chi connectivity index (χ0v) is 16.4. The van der Waals surface area contributed by atoms with Crippen LogP contribution in [0.1, 0.15) is 45.4 Å². The Labute approximate surface area is 156 Å². The smallest absolute Gasteiger partial charge is 0.410 e. The van der Waals surface area contributed by atoms with E-state index in [4.69, 9.17) is 9.15 Å². The number of benzene rings is 1. The van der Waals surface area contributed by atoms with Gasteiger partial charge in [0.05, 0.1) is 9.61 Å². The molecule has 1 aliphatic heterocycles. The van der Waals surface area contributed by atoms with Gasteiger partial charge in [0.15, 0.2) is 0 Å². The number of amides is 1. The summed E-state index contributed by atoms with van der Waals surface area (Å²) in [6.07, 6.45) is 1.59. The van der Waals surface area contributed by atoms with Crippen LogP contribution >= 0.6 is 22.6 Å². The Kier molecular flexibility index (Phi) is 4.90. The van der Waals surface area contributed by atoms with Crippen LogP contribution in [0.15, 0.2) is 40.8 Å². The second-order valence-corrected chi connectivity index (χ2v) is 8.19. The van der Waals surface area contributed by atoms with Gasteiger partial charge in [-0.3, -0.25) is 4.90 Å². The van der Waals surface area contributed by atoms with Crippen LogP contribution in [0.25, 0.3) is 11.3 Å². The quantitative estimate of drug-likeness (QED) is 0.571. The lowest BCUT2D eigenvalue weighted by molar-refractivity contribution is 0.0209. The van der Waals surface area contributed by atoms with Gasteiger partial charge in [-0.15, -0.1) is 0 Å². The molecule has 1 atom stereocenters. The standard InChI is InChI=1S/C19H22INO3/c1-19(2,3)24-18(22)21-11-7-10-15(21)16-12-14(20)17(23-16)13-8-5-4-6-9-13/h4-6,8-9,12,15H,7,10-11H2,1-3H3/t15-/m0/s1. The number of hydrogen-bond acceptors (Lipinski definition) is 3. The van der Waals surface area contributed by atoms with Gasteiger partial charge in [-0.2, -0.15) is 0 Å². The molecular formula is C19H22INO3. The fourth-order valence-corrected chi connectivity index (χ4v) is 3.67. The Morgan fingerprint density at radius 1 is 1.29 bits per heavy atom. The molecule has 24 heavy (non-hydrogen) atoms. The molecule has 0 spiro atoms. The maximum atomic E-state index is 12.5. The van der Waals surface area contributed by atoms with E-state index in [1.54, 1.807) is 4.90 Å². The molecule has 1 fully saturated rings. The van der Waals surface area contributed by atoms with E-state index in [1.165, 1.54) is 0 Å². The van der Waals surface area contributed by atoms with Crippen molar-refractivity contribution in [2.75, 3.05) is 6.54 Å². The Morgan fingerprint density at radius 3 is 2.67 bits per heavy atom. The van der Waals surface area contributed by atoms with Gasteiger partial charge in [-0.05, 0) is 62.3 Å². The van der Waals surface area contributed by atoms with Crippen LogP contribution in [-0.2, 0) is 4.74 Å². The second-order valence-electron chi connectivity index (χ2n) is 7.02. The van der Waals surface area contributed by atoms with E-state index in [-0.39, 0.29) is 12.1 Å². The zero-order chi connectivity index (χ0) is 17.3. The Balaban J connectivity index is 1.85. The average Bonchev–Trinajstić information content (AvgIpc) is 3.12. The van der Waals surface area contributed by atoms with Crippen LogP contribution in [0.2, 0.25) is 0 Å². The molecule has 0 N–H and O–H groups in total. The molecule has 2 aromatic rings. The van der Waals surface area contributed by atoms with Crippen LogP contribution in [0.5, 0.6) is 0 Å². The fraction of sp³-hybridized carbons (Fsp3) is 0.421. The van der Waals surface area contributed by atoms with Crippen molar-refractivity contribution in [2.24, 2.45) is 0 Å². The van der Waals surface area contributed by atoms with E-state index in [9.17, 15) is 4.79 Å². The molecule has 2 heterocycles. The van der Waals surface area contributed by atoms with Gasteiger partial charge in [-0.25, -0.2) is 4.79 Å². The zero-order valence-electron chi connectivity index (χ0n) is 14.2. The molecule has 5 heteroatoms. The van der Waals surface area contributed by atoms with E-state index >= 15 is 0 Å². The minimum atomic E-state index is -0.489. The van der Waals surface area contributed by atoms with E-state index in [1.807, 2.05) is 57.2 Å². The van der Waals surface area contributed by atoms with Crippen molar-refractivity contribution in [3.8, 4) is 11.3 Å². The number of ether oxygens (including phenoxy) is 1. The molecular weight excluding hydrogens is 417 g/mol. The highest BCUT2D eigenvalue weighted by Crippen LogP contribution is 2.38. The molecule has 1 amide bonds. The van der Waals surface area contributed by atoms with Crippen molar-refractivity contribution >= 4 is 28.7 Å². The number of halogens is 1. The first-order valence-electron chi connectivity index (χ1n) is 8.19. The molecule has 0 bridgehead atoms. The molecule has 0 radical (unpaired) electrons. The minimum Gasteiger partial charge on any atom is -0.458 e. The third-order valence-electron chi connectivity index (χ3n) is 3.95. The van der Waals surface area contributed by atoms with Gasteiger partial charge in [0.25, 0.3) is 0 Å². The van der Waals surface area contributed by atoms with Crippen LogP contribution in [0.3, 0.4) is 0 Å². The maximum Gasteiger partial charge on any atom is 0.410 e. The SMILES string of the molecule is CC(C)(C)OC(=O)N1CCC[C@H]1c1cc(I)c(-c2ccccc2)o1. The summed E-state index contributed by atoms with van der Waals surface area (Å²) in [5.41, 5.74) is 0.562. The summed E-state index contributed by atoms with van der Waals surface area (Å²) in [6.45, 7) is 6.37. The van der Waals surface area contributed by atoms with Crippen molar-refractivity contribution in [1.29, 1.82) is 0 Å². The van der Waals surface area contributed by atoms with Crippen LogP contribution < -0.4 is 0 Å². The fourth-order valence-electron chi connectivity index (χ4n) is 2.94. The van der Waals surface area contributed by atoms with Gasteiger partial charge in [0.1, 0.15) is 17.1 Å². The summed E-state index contributed by atoms with van der Waals surface area (Å²) in [6, 6.07) is 12.0. The molecule has 3 rings (SSSR count). The highest BCUT2D eigenvalue weighted by Gasteiger charge is 2.35. The molecule has 4 nitrogen and oxygen atoms in total. The van der Waals surface area contributed by atoms with Gasteiger partial charge >= 0.3 is 6.09 Å². The monoisotopic (exact) mass is 439 g/mol. The number of furan rings is 1. The Bertz CT molecular complexity index is 718. The largest absolute Gasteiger partial charge is 0.458 e. The number of hydrogen-bond donors (Lipinski definition) is 0. The Morgan fingerprint density at radius 2 is 2.00 bits per heavy atom. The van der Waals surface area contributed by atoms with Gasteiger partial charge in [0.2, 0.25) is 0 Å². The average molecular weight is 439 g/mol. The van der Waals surface area contributed by atoms with Crippen molar-refractivity contribution < 1.29 is 13.9 Å². The molecule has 1 saturated heterocycles. The first kappa shape index (κ1) is 17.3. The third-order valence-corrected chi connectivity index (χ3v) is 4.75. The topological polar surface area (TPSA) is 42.7 Å². The lowest BCUT2D eigenvalue weighted by Gasteiger charge is -2.27. The summed E-state index contributed by atoms with van der Waals surface area (Å²) in [5, 5.41) is 0. The summed E-state index contributed by atoms with van der Waals surface area (Å²) in [7, 11) is 0. The highest BCUT2D eigenvalue weighted by molar-refractivity contribution is 14.1. The predicted molar refractivity (Wildman–Crippen MR) is 102 cm³/mol. The summed E-state index contributed by atoms with van der Waals surface area (Å²) in [4.78, 5) is 14.3. The van der Waals surface area contributed by atoms with Gasteiger partial charge < -0.3 is 9.15 Å². The van der Waals surface area contributed by atoms with Crippen molar-refractivity contribution in [3.63, 3.8) is 0 Å². The van der Waals surface area contributed by atoms with Crippen molar-refractivity contribution in [1.82, 2.24) is 4.90 Å². The number of rotatable bonds is 2. The molecule has 1 aromatic heterocycles. The minimum absolute atomic E-state index is 0.0502. The number of nitrogens with zero attached hydrogens (tertiary/aromatic N) is 1. The Hall–Kier alpha value is -1.50.